The Morgan fingerprint density at radius 1 is 1.26 bits per heavy atom. The summed E-state index contributed by atoms with van der Waals surface area (Å²) in [6.45, 7) is 2.35. The minimum atomic E-state index is -0.0163. The van der Waals surface area contributed by atoms with Crippen molar-refractivity contribution in [2.75, 3.05) is 7.11 Å². The Morgan fingerprint density at radius 2 is 2.05 bits per heavy atom. The zero-order valence-electron chi connectivity index (χ0n) is 11.4. The fourth-order valence-corrected chi connectivity index (χ4v) is 1.88. The Morgan fingerprint density at radius 3 is 2.63 bits per heavy atom. The quantitative estimate of drug-likeness (QED) is 0.892. The van der Waals surface area contributed by atoms with Gasteiger partial charge in [0.05, 0.1) is 25.1 Å². The van der Waals surface area contributed by atoms with Crippen LogP contribution in [0, 0.1) is 6.92 Å². The van der Waals surface area contributed by atoms with E-state index in [1.54, 1.807) is 23.9 Å². The van der Waals surface area contributed by atoms with Gasteiger partial charge in [0.1, 0.15) is 6.61 Å². The van der Waals surface area contributed by atoms with E-state index >= 15 is 0 Å². The number of hydrogen-bond donors (Lipinski definition) is 1. The number of aryl methyl sites for hydroxylation is 2. The number of rotatable bonds is 5. The fourth-order valence-electron chi connectivity index (χ4n) is 1.88. The van der Waals surface area contributed by atoms with Gasteiger partial charge >= 0.3 is 0 Å². The molecule has 0 saturated carbocycles. The van der Waals surface area contributed by atoms with Crippen molar-refractivity contribution in [1.29, 1.82) is 0 Å². The molecular formula is C14H18N2O3. The summed E-state index contributed by atoms with van der Waals surface area (Å²) in [5.41, 5.74) is 2.75. The van der Waals surface area contributed by atoms with Gasteiger partial charge in [-0.1, -0.05) is 6.07 Å². The van der Waals surface area contributed by atoms with Gasteiger partial charge in [0.15, 0.2) is 11.5 Å². The maximum absolute atomic E-state index is 9.09. The number of aromatic nitrogens is 2. The molecule has 0 saturated heterocycles. The SMILES string of the molecule is COc1cc(CO)ccc1OCc1cc(C)nn1C. The molecule has 19 heavy (non-hydrogen) atoms. The Hall–Kier alpha value is -2.01. The van der Waals surface area contributed by atoms with Gasteiger partial charge in [-0.25, -0.2) is 0 Å². The minimum Gasteiger partial charge on any atom is -0.493 e. The van der Waals surface area contributed by atoms with Crippen molar-refractivity contribution in [3.05, 3.63) is 41.2 Å². The molecule has 0 unspecified atom stereocenters. The highest BCUT2D eigenvalue weighted by atomic mass is 16.5. The van der Waals surface area contributed by atoms with Crippen molar-refractivity contribution in [3.63, 3.8) is 0 Å². The zero-order valence-corrected chi connectivity index (χ0v) is 11.4. The van der Waals surface area contributed by atoms with Gasteiger partial charge in [0.25, 0.3) is 0 Å². The highest BCUT2D eigenvalue weighted by molar-refractivity contribution is 5.42. The second kappa shape index (κ2) is 5.75. The molecule has 0 fully saturated rings. The number of methoxy groups -OCH3 is 1. The van der Waals surface area contributed by atoms with Crippen LogP contribution in [0.25, 0.3) is 0 Å². The minimum absolute atomic E-state index is 0.0163. The molecule has 0 aliphatic carbocycles. The van der Waals surface area contributed by atoms with Gasteiger partial charge in [0.2, 0.25) is 0 Å². The number of nitrogens with zero attached hydrogens (tertiary/aromatic N) is 2. The number of aliphatic hydroxyl groups is 1. The highest BCUT2D eigenvalue weighted by Gasteiger charge is 2.08. The normalized spacial score (nSPS) is 10.5. The van der Waals surface area contributed by atoms with Gasteiger partial charge in [-0.15, -0.1) is 0 Å². The Balaban J connectivity index is 2.13. The van der Waals surface area contributed by atoms with Crippen LogP contribution in [0.4, 0.5) is 0 Å². The summed E-state index contributed by atoms with van der Waals surface area (Å²) in [5, 5.41) is 13.4. The standard InChI is InChI=1S/C14H18N2O3/c1-10-6-12(16(2)15-10)9-19-13-5-4-11(8-17)7-14(13)18-3/h4-7,17H,8-9H2,1-3H3. The summed E-state index contributed by atoms with van der Waals surface area (Å²) in [5.74, 6) is 1.27. The molecule has 0 atom stereocenters. The summed E-state index contributed by atoms with van der Waals surface area (Å²) in [6.07, 6.45) is 0. The van der Waals surface area contributed by atoms with Crippen LogP contribution in [-0.2, 0) is 20.3 Å². The van der Waals surface area contributed by atoms with E-state index in [-0.39, 0.29) is 6.61 Å². The second-order valence-corrected chi connectivity index (χ2v) is 4.33. The first-order valence-electron chi connectivity index (χ1n) is 6.04. The number of hydrogen-bond acceptors (Lipinski definition) is 4. The lowest BCUT2D eigenvalue weighted by molar-refractivity contribution is 0.270. The van der Waals surface area contributed by atoms with Crippen LogP contribution in [-0.4, -0.2) is 22.0 Å². The number of ether oxygens (including phenoxy) is 2. The van der Waals surface area contributed by atoms with E-state index < -0.39 is 0 Å². The molecule has 1 aromatic heterocycles. The van der Waals surface area contributed by atoms with Crippen molar-refractivity contribution in [2.45, 2.75) is 20.1 Å². The smallest absolute Gasteiger partial charge is 0.161 e. The second-order valence-electron chi connectivity index (χ2n) is 4.33. The third kappa shape index (κ3) is 3.06. The third-order valence-electron chi connectivity index (χ3n) is 2.89. The van der Waals surface area contributed by atoms with Gasteiger partial charge in [-0.05, 0) is 30.7 Å². The van der Waals surface area contributed by atoms with Crippen molar-refractivity contribution >= 4 is 0 Å². The first-order chi connectivity index (χ1) is 9.13. The largest absolute Gasteiger partial charge is 0.493 e. The molecule has 1 aromatic carbocycles. The highest BCUT2D eigenvalue weighted by Crippen LogP contribution is 2.28. The number of benzene rings is 1. The maximum atomic E-state index is 9.09. The van der Waals surface area contributed by atoms with Gasteiger partial charge in [-0.2, -0.15) is 5.10 Å². The van der Waals surface area contributed by atoms with E-state index in [2.05, 4.69) is 5.10 Å². The molecule has 5 nitrogen and oxygen atoms in total. The Bertz CT molecular complexity index is 564. The molecule has 1 heterocycles. The van der Waals surface area contributed by atoms with E-state index in [0.717, 1.165) is 17.0 Å². The molecular weight excluding hydrogens is 244 g/mol. The summed E-state index contributed by atoms with van der Waals surface area (Å²) < 4.78 is 12.8. The van der Waals surface area contributed by atoms with Crippen LogP contribution in [0.2, 0.25) is 0 Å². The Labute approximate surface area is 112 Å². The monoisotopic (exact) mass is 262 g/mol. The predicted octanol–water partition coefficient (Wildman–Crippen LogP) is 1.81. The van der Waals surface area contributed by atoms with Crippen LogP contribution >= 0.6 is 0 Å². The molecule has 0 radical (unpaired) electrons. The zero-order chi connectivity index (χ0) is 13.8. The van der Waals surface area contributed by atoms with Crippen molar-refractivity contribution < 1.29 is 14.6 Å². The molecule has 0 aliphatic rings. The summed E-state index contributed by atoms with van der Waals surface area (Å²) in [4.78, 5) is 0. The Kier molecular flexibility index (Phi) is 4.06. The van der Waals surface area contributed by atoms with Crippen molar-refractivity contribution in [1.82, 2.24) is 9.78 Å². The predicted molar refractivity (Wildman–Crippen MR) is 71.2 cm³/mol. The molecule has 0 amide bonds. The van der Waals surface area contributed by atoms with Gasteiger partial charge < -0.3 is 14.6 Å². The molecule has 102 valence electrons. The van der Waals surface area contributed by atoms with E-state index in [1.807, 2.05) is 26.1 Å². The van der Waals surface area contributed by atoms with Crippen molar-refractivity contribution in [2.24, 2.45) is 7.05 Å². The van der Waals surface area contributed by atoms with E-state index in [4.69, 9.17) is 14.6 Å². The third-order valence-corrected chi connectivity index (χ3v) is 2.89. The van der Waals surface area contributed by atoms with Crippen LogP contribution in [0.15, 0.2) is 24.3 Å². The van der Waals surface area contributed by atoms with Crippen LogP contribution in [0.5, 0.6) is 11.5 Å². The fraction of sp³-hybridized carbons (Fsp3) is 0.357. The molecule has 1 N–H and O–H groups in total. The molecule has 2 rings (SSSR count). The van der Waals surface area contributed by atoms with Gasteiger partial charge in [0, 0.05) is 7.05 Å². The average Bonchev–Trinajstić information content (AvgIpc) is 2.74. The van der Waals surface area contributed by atoms with Gasteiger partial charge in [-0.3, -0.25) is 4.68 Å². The molecule has 0 bridgehead atoms. The van der Waals surface area contributed by atoms with Crippen LogP contribution in [0.3, 0.4) is 0 Å². The van der Waals surface area contributed by atoms with Crippen molar-refractivity contribution in [3.8, 4) is 11.5 Å². The van der Waals surface area contributed by atoms with E-state index in [9.17, 15) is 0 Å². The first kappa shape index (κ1) is 13.4. The van der Waals surface area contributed by atoms with Crippen LogP contribution < -0.4 is 9.47 Å². The lowest BCUT2D eigenvalue weighted by Crippen LogP contribution is -2.04. The molecule has 2 aromatic rings. The first-order valence-corrected chi connectivity index (χ1v) is 6.04. The van der Waals surface area contributed by atoms with Crippen LogP contribution in [0.1, 0.15) is 17.0 Å². The summed E-state index contributed by atoms with van der Waals surface area (Å²) >= 11 is 0. The maximum Gasteiger partial charge on any atom is 0.161 e. The topological polar surface area (TPSA) is 56.5 Å². The lowest BCUT2D eigenvalue weighted by atomic mass is 10.2. The number of aliphatic hydroxyl groups excluding tert-OH is 1. The van der Waals surface area contributed by atoms with E-state index in [0.29, 0.717) is 18.1 Å². The lowest BCUT2D eigenvalue weighted by Gasteiger charge is -2.11. The molecule has 0 spiro atoms. The molecule has 0 aliphatic heterocycles. The van der Waals surface area contributed by atoms with E-state index in [1.165, 1.54) is 0 Å². The molecule has 5 heteroatoms. The summed E-state index contributed by atoms with van der Waals surface area (Å²) in [7, 11) is 3.47. The summed E-state index contributed by atoms with van der Waals surface area (Å²) in [6, 6.07) is 7.36. The average molecular weight is 262 g/mol.